The van der Waals surface area contributed by atoms with Gasteiger partial charge >= 0.3 is 0 Å². The second-order valence-corrected chi connectivity index (χ2v) is 4.24. The molecule has 2 atom stereocenters. The van der Waals surface area contributed by atoms with Crippen molar-refractivity contribution >= 4 is 5.78 Å². The third-order valence-corrected chi connectivity index (χ3v) is 3.07. The Morgan fingerprint density at radius 3 is 2.50 bits per heavy atom. The normalized spacial score (nSPS) is 14.4. The zero-order chi connectivity index (χ0) is 12.0. The van der Waals surface area contributed by atoms with E-state index in [-0.39, 0.29) is 13.4 Å². The summed E-state index contributed by atoms with van der Waals surface area (Å²) < 4.78 is 0. The minimum Gasteiger partial charge on any atom is -0.310 e. The molecule has 2 nitrogen and oxygen atoms in total. The summed E-state index contributed by atoms with van der Waals surface area (Å²) in [7, 11) is 1.86. The van der Waals surface area contributed by atoms with Gasteiger partial charge in [0.2, 0.25) is 0 Å². The molecule has 0 bridgehead atoms. The Morgan fingerprint density at radius 1 is 1.38 bits per heavy atom. The van der Waals surface area contributed by atoms with Crippen molar-refractivity contribution in [1.82, 2.24) is 5.32 Å². The number of hydrogen-bond acceptors (Lipinski definition) is 2. The highest BCUT2D eigenvalue weighted by molar-refractivity contribution is 5.86. The molecule has 1 N–H and O–H groups in total. The number of likely N-dealkylation sites (N-methyl/N-ethyl adjacent to an activating group) is 1. The summed E-state index contributed by atoms with van der Waals surface area (Å²) in [4.78, 5) is 12.0. The molecule has 2 heteroatoms. The smallest absolute Gasteiger partial charge is 0.152 e. The summed E-state index contributed by atoms with van der Waals surface area (Å²) in [6.45, 7) is 4.05. The maximum Gasteiger partial charge on any atom is 0.152 e. The van der Waals surface area contributed by atoms with Gasteiger partial charge in [-0.2, -0.15) is 0 Å². The Hall–Kier alpha value is -1.15. The molecule has 1 aromatic carbocycles. The maximum atomic E-state index is 12.0. The molecule has 0 radical (unpaired) electrons. The second kappa shape index (κ2) is 6.44. The molecular weight excluding hydrogens is 198 g/mol. The number of benzene rings is 1. The van der Waals surface area contributed by atoms with Gasteiger partial charge in [0.05, 0.1) is 6.04 Å². The van der Waals surface area contributed by atoms with Gasteiger partial charge < -0.3 is 5.32 Å². The van der Waals surface area contributed by atoms with Crippen molar-refractivity contribution in [3.8, 4) is 0 Å². The van der Waals surface area contributed by atoms with Crippen LogP contribution >= 0.6 is 0 Å². The monoisotopic (exact) mass is 221 g/mol. The van der Waals surface area contributed by atoms with Crippen LogP contribution in [0.25, 0.3) is 0 Å². The highest BCUT2D eigenvalue weighted by Gasteiger charge is 2.21. The van der Waals surface area contributed by atoms with Crippen molar-refractivity contribution in [2.75, 3.05) is 7.05 Å². The number of rotatable bonds is 6. The van der Waals surface area contributed by atoms with E-state index in [4.69, 9.17) is 0 Å². The predicted octanol–water partition coefficient (Wildman–Crippen LogP) is 2.68. The first kappa shape index (κ1) is 12.9. The Labute approximate surface area is 99.5 Å². The SMILES string of the molecule is CCC(C)C(=O)C(Cc1ccccc1)NC.[HH]. The van der Waals surface area contributed by atoms with Gasteiger partial charge in [-0.15, -0.1) is 0 Å². The van der Waals surface area contributed by atoms with E-state index in [0.29, 0.717) is 5.78 Å². The lowest BCUT2D eigenvalue weighted by Crippen LogP contribution is -2.39. The number of carbonyl (C=O) groups is 1. The van der Waals surface area contributed by atoms with Crippen LogP contribution in [0.15, 0.2) is 30.3 Å². The van der Waals surface area contributed by atoms with Crippen LogP contribution in [0.4, 0.5) is 0 Å². The number of nitrogens with one attached hydrogen (secondary N) is 1. The van der Waals surface area contributed by atoms with E-state index in [1.54, 1.807) is 0 Å². The largest absolute Gasteiger partial charge is 0.310 e. The van der Waals surface area contributed by atoms with E-state index < -0.39 is 0 Å². The molecule has 0 aromatic heterocycles. The standard InChI is InChI=1S/C14H21NO.H2/c1-4-11(2)14(16)13(15-3)10-12-8-6-5-7-9-12;/h5-9,11,13,15H,4,10H2,1-3H3;1H. The summed E-state index contributed by atoms with van der Waals surface area (Å²) in [5, 5.41) is 3.12. The molecule has 0 heterocycles. The van der Waals surface area contributed by atoms with Gasteiger partial charge in [0.25, 0.3) is 0 Å². The van der Waals surface area contributed by atoms with Gasteiger partial charge in [0.15, 0.2) is 5.78 Å². The number of ketones is 1. The zero-order valence-electron chi connectivity index (χ0n) is 10.4. The third kappa shape index (κ3) is 3.46. The van der Waals surface area contributed by atoms with Crippen LogP contribution in [0.3, 0.4) is 0 Å². The van der Waals surface area contributed by atoms with E-state index in [1.165, 1.54) is 5.56 Å². The fourth-order valence-corrected chi connectivity index (χ4v) is 1.74. The van der Waals surface area contributed by atoms with Crippen LogP contribution in [-0.2, 0) is 11.2 Å². The molecule has 90 valence electrons. The lowest BCUT2D eigenvalue weighted by atomic mass is 9.93. The van der Waals surface area contributed by atoms with Gasteiger partial charge in [-0.1, -0.05) is 44.2 Å². The van der Waals surface area contributed by atoms with Crippen molar-refractivity contribution in [2.45, 2.75) is 32.7 Å². The number of hydrogen-bond donors (Lipinski definition) is 1. The van der Waals surface area contributed by atoms with Crippen LogP contribution in [0, 0.1) is 5.92 Å². The van der Waals surface area contributed by atoms with Crippen LogP contribution in [0.5, 0.6) is 0 Å². The minimum absolute atomic E-state index is 0. The number of Topliss-reactive ketones (excluding diaryl/α,β-unsaturated/α-hetero) is 1. The first-order valence-electron chi connectivity index (χ1n) is 5.94. The summed E-state index contributed by atoms with van der Waals surface area (Å²) >= 11 is 0. The van der Waals surface area contributed by atoms with E-state index in [9.17, 15) is 4.79 Å². The van der Waals surface area contributed by atoms with E-state index >= 15 is 0 Å². The molecule has 0 aliphatic carbocycles. The van der Waals surface area contributed by atoms with Crippen molar-refractivity contribution in [1.29, 1.82) is 0 Å². The van der Waals surface area contributed by atoms with Gasteiger partial charge in [-0.25, -0.2) is 0 Å². The molecule has 0 spiro atoms. The van der Waals surface area contributed by atoms with Crippen LogP contribution in [0.2, 0.25) is 0 Å². The minimum atomic E-state index is -0.0580. The Morgan fingerprint density at radius 2 is 2.00 bits per heavy atom. The lowest BCUT2D eigenvalue weighted by molar-refractivity contribution is -0.124. The van der Waals surface area contributed by atoms with E-state index in [2.05, 4.69) is 24.4 Å². The average molecular weight is 221 g/mol. The van der Waals surface area contributed by atoms with Gasteiger partial charge in [0, 0.05) is 7.34 Å². The van der Waals surface area contributed by atoms with Crippen molar-refractivity contribution in [2.24, 2.45) is 5.92 Å². The highest BCUT2D eigenvalue weighted by atomic mass is 16.1. The van der Waals surface area contributed by atoms with E-state index in [1.807, 2.05) is 32.2 Å². The topological polar surface area (TPSA) is 29.1 Å². The maximum absolute atomic E-state index is 12.0. The molecule has 1 rings (SSSR count). The molecule has 1 aromatic rings. The molecule has 0 fully saturated rings. The summed E-state index contributed by atoms with van der Waals surface area (Å²) in [5.41, 5.74) is 1.21. The molecule has 16 heavy (non-hydrogen) atoms. The molecule has 0 saturated heterocycles. The molecular formula is C14H23NO. The molecule has 0 saturated carbocycles. The molecule has 0 aliphatic rings. The lowest BCUT2D eigenvalue weighted by Gasteiger charge is -2.18. The number of carbonyl (C=O) groups excluding carboxylic acids is 1. The van der Waals surface area contributed by atoms with Crippen LogP contribution in [-0.4, -0.2) is 18.9 Å². The first-order chi connectivity index (χ1) is 7.69. The van der Waals surface area contributed by atoms with Crippen molar-refractivity contribution < 1.29 is 6.22 Å². The van der Waals surface area contributed by atoms with E-state index in [0.717, 1.165) is 12.8 Å². The summed E-state index contributed by atoms with van der Waals surface area (Å²) in [5.74, 6) is 0.454. The fourth-order valence-electron chi connectivity index (χ4n) is 1.74. The third-order valence-electron chi connectivity index (χ3n) is 3.07. The summed E-state index contributed by atoms with van der Waals surface area (Å²) in [6.07, 6.45) is 1.69. The highest BCUT2D eigenvalue weighted by Crippen LogP contribution is 2.10. The van der Waals surface area contributed by atoms with Gasteiger partial charge in [-0.05, 0) is 25.5 Å². The Kier molecular flexibility index (Phi) is 5.20. The molecule has 0 aliphatic heterocycles. The average Bonchev–Trinajstić information content (AvgIpc) is 2.35. The zero-order valence-corrected chi connectivity index (χ0v) is 10.4. The molecule has 0 amide bonds. The predicted molar refractivity (Wildman–Crippen MR) is 69.6 cm³/mol. The van der Waals surface area contributed by atoms with Gasteiger partial charge in [0.1, 0.15) is 0 Å². The van der Waals surface area contributed by atoms with Crippen molar-refractivity contribution in [3.05, 3.63) is 35.9 Å². The fraction of sp³-hybridized carbons (Fsp3) is 0.500. The van der Waals surface area contributed by atoms with Crippen LogP contribution in [0.1, 0.15) is 27.3 Å². The summed E-state index contributed by atoms with van der Waals surface area (Å²) in [6, 6.07) is 10.1. The Balaban J connectivity index is 0.00000256. The van der Waals surface area contributed by atoms with Crippen molar-refractivity contribution in [3.63, 3.8) is 0 Å². The quantitative estimate of drug-likeness (QED) is 0.800. The second-order valence-electron chi connectivity index (χ2n) is 4.24. The molecule has 2 unspecified atom stereocenters. The van der Waals surface area contributed by atoms with Gasteiger partial charge in [-0.3, -0.25) is 4.79 Å². The first-order valence-corrected chi connectivity index (χ1v) is 5.94. The Bertz CT molecular complexity index is 326. The van der Waals surface area contributed by atoms with Crippen LogP contribution < -0.4 is 5.32 Å².